The normalized spacial score (nSPS) is 9.09. The maximum absolute atomic E-state index is 8.51. The summed E-state index contributed by atoms with van der Waals surface area (Å²) in [6, 6.07) is 0. The molecule has 0 saturated heterocycles. The van der Waals surface area contributed by atoms with Gasteiger partial charge in [0.15, 0.2) is 0 Å². The summed E-state index contributed by atoms with van der Waals surface area (Å²) in [6.07, 6.45) is 1.36. The molecule has 11 heavy (non-hydrogen) atoms. The molecule has 0 atom stereocenters. The molecule has 0 spiro atoms. The molecule has 0 aromatic carbocycles. The van der Waals surface area contributed by atoms with Crippen molar-refractivity contribution in [2.75, 3.05) is 19.8 Å². The van der Waals surface area contributed by atoms with Crippen LogP contribution in [0.3, 0.4) is 0 Å². The molecule has 3 N–H and O–H groups in total. The zero-order chi connectivity index (χ0) is 9.11. The van der Waals surface area contributed by atoms with Crippen molar-refractivity contribution >= 4 is 0 Å². The number of hydrogen-bond donors (Lipinski definition) is 3. The Bertz CT molecular complexity index is 62.4. The summed E-state index contributed by atoms with van der Waals surface area (Å²) in [5.41, 5.74) is 0. The first-order valence-corrected chi connectivity index (χ1v) is 3.67. The summed E-state index contributed by atoms with van der Waals surface area (Å²) in [7, 11) is 0. The first-order chi connectivity index (χ1) is 5.35. The third-order valence-corrected chi connectivity index (χ3v) is 1.29. The van der Waals surface area contributed by atoms with Gasteiger partial charge in [0.25, 0.3) is 0 Å². The van der Waals surface area contributed by atoms with E-state index in [-0.39, 0.29) is 25.7 Å². The zero-order valence-electron chi connectivity index (χ0n) is 6.87. The van der Waals surface area contributed by atoms with Crippen molar-refractivity contribution < 1.29 is 15.3 Å². The maximum Gasteiger partial charge on any atom is 0.0481 e. The van der Waals surface area contributed by atoms with Gasteiger partial charge in [-0.3, -0.25) is 0 Å². The van der Waals surface area contributed by atoms with E-state index in [1.165, 1.54) is 0 Å². The van der Waals surface area contributed by atoms with Crippen LogP contribution in [0.4, 0.5) is 0 Å². The molecule has 68 valence electrons. The quantitative estimate of drug-likeness (QED) is 0.505. The van der Waals surface area contributed by atoms with E-state index in [0.717, 1.165) is 0 Å². The van der Waals surface area contributed by atoms with E-state index in [1.54, 1.807) is 0 Å². The van der Waals surface area contributed by atoms with Gasteiger partial charge in [0, 0.05) is 25.7 Å². The lowest BCUT2D eigenvalue weighted by Gasteiger charge is -2.07. The van der Waals surface area contributed by atoms with Gasteiger partial charge in [-0.05, 0) is 12.8 Å². The Morgan fingerprint density at radius 1 is 1.00 bits per heavy atom. The van der Waals surface area contributed by atoms with Crippen LogP contribution < -0.4 is 0 Å². The van der Waals surface area contributed by atoms with Gasteiger partial charge in [-0.2, -0.15) is 0 Å². The van der Waals surface area contributed by atoms with Gasteiger partial charge in [-0.15, -0.1) is 13.2 Å². The first kappa shape index (κ1) is 13.2. The minimum Gasteiger partial charge on any atom is -0.396 e. The Morgan fingerprint density at radius 2 is 1.45 bits per heavy atom. The molecule has 3 heteroatoms. The lowest BCUT2D eigenvalue weighted by molar-refractivity contribution is 0.136. The SMILES string of the molecule is C=C.OCCCC(CO)CO. The van der Waals surface area contributed by atoms with E-state index in [4.69, 9.17) is 15.3 Å². The fourth-order valence-electron chi connectivity index (χ4n) is 0.620. The minimum atomic E-state index is -0.0443. The summed E-state index contributed by atoms with van der Waals surface area (Å²) >= 11 is 0. The molecular weight excluding hydrogens is 144 g/mol. The van der Waals surface area contributed by atoms with Crippen LogP contribution >= 0.6 is 0 Å². The molecule has 0 saturated carbocycles. The van der Waals surface area contributed by atoms with Crippen LogP contribution in [-0.2, 0) is 0 Å². The molecule has 0 unspecified atom stereocenters. The Labute approximate surface area is 68.0 Å². The van der Waals surface area contributed by atoms with E-state index < -0.39 is 0 Å². The number of aliphatic hydroxyl groups excluding tert-OH is 3. The number of aliphatic hydroxyl groups is 3. The third kappa shape index (κ3) is 9.62. The lowest BCUT2D eigenvalue weighted by Crippen LogP contribution is -2.11. The first-order valence-electron chi connectivity index (χ1n) is 3.67. The monoisotopic (exact) mass is 162 g/mol. The van der Waals surface area contributed by atoms with Crippen molar-refractivity contribution in [3.63, 3.8) is 0 Å². The molecular formula is C8H18O3. The van der Waals surface area contributed by atoms with Crippen LogP contribution in [0.5, 0.6) is 0 Å². The van der Waals surface area contributed by atoms with E-state index in [1.807, 2.05) is 0 Å². The Hall–Kier alpha value is -0.380. The summed E-state index contributed by atoms with van der Waals surface area (Å²) in [4.78, 5) is 0. The van der Waals surface area contributed by atoms with Crippen molar-refractivity contribution in [3.8, 4) is 0 Å². The van der Waals surface area contributed by atoms with Crippen LogP contribution in [-0.4, -0.2) is 35.1 Å². The van der Waals surface area contributed by atoms with Gasteiger partial charge in [-0.1, -0.05) is 0 Å². The van der Waals surface area contributed by atoms with Crippen LogP contribution in [0.25, 0.3) is 0 Å². The summed E-state index contributed by atoms with van der Waals surface area (Å²) in [5.74, 6) is -0.0443. The second-order valence-corrected chi connectivity index (χ2v) is 2.10. The predicted molar refractivity (Wildman–Crippen MR) is 45.2 cm³/mol. The average molecular weight is 162 g/mol. The second kappa shape index (κ2) is 12.3. The number of hydrogen-bond acceptors (Lipinski definition) is 3. The third-order valence-electron chi connectivity index (χ3n) is 1.29. The lowest BCUT2D eigenvalue weighted by atomic mass is 10.1. The Morgan fingerprint density at radius 3 is 1.73 bits per heavy atom. The average Bonchev–Trinajstić information content (AvgIpc) is 2.10. The molecule has 0 fully saturated rings. The summed E-state index contributed by atoms with van der Waals surface area (Å²) in [5, 5.41) is 25.4. The van der Waals surface area contributed by atoms with Crippen LogP contribution in [0.15, 0.2) is 13.2 Å². The molecule has 3 nitrogen and oxygen atoms in total. The molecule has 0 bridgehead atoms. The Balaban J connectivity index is 0. The maximum atomic E-state index is 8.51. The molecule has 0 heterocycles. The molecule has 0 radical (unpaired) electrons. The molecule has 0 aromatic rings. The van der Waals surface area contributed by atoms with Crippen molar-refractivity contribution in [1.82, 2.24) is 0 Å². The molecule has 0 aliphatic rings. The summed E-state index contributed by atoms with van der Waals surface area (Å²) < 4.78 is 0. The molecule has 0 amide bonds. The fourth-order valence-corrected chi connectivity index (χ4v) is 0.620. The Kier molecular flexibility index (Phi) is 14.8. The second-order valence-electron chi connectivity index (χ2n) is 2.10. The van der Waals surface area contributed by atoms with Gasteiger partial charge < -0.3 is 15.3 Å². The van der Waals surface area contributed by atoms with Crippen molar-refractivity contribution in [1.29, 1.82) is 0 Å². The van der Waals surface area contributed by atoms with Crippen molar-refractivity contribution in [2.24, 2.45) is 5.92 Å². The molecule has 0 rings (SSSR count). The molecule has 0 aliphatic heterocycles. The van der Waals surface area contributed by atoms with Crippen LogP contribution in [0.2, 0.25) is 0 Å². The van der Waals surface area contributed by atoms with Crippen molar-refractivity contribution in [2.45, 2.75) is 12.8 Å². The van der Waals surface area contributed by atoms with E-state index in [0.29, 0.717) is 12.8 Å². The summed E-state index contributed by atoms with van der Waals surface area (Å²) in [6.45, 7) is 6.16. The van der Waals surface area contributed by atoms with Crippen LogP contribution in [0, 0.1) is 5.92 Å². The zero-order valence-corrected chi connectivity index (χ0v) is 6.87. The van der Waals surface area contributed by atoms with E-state index in [9.17, 15) is 0 Å². The number of rotatable bonds is 5. The smallest absolute Gasteiger partial charge is 0.0481 e. The largest absolute Gasteiger partial charge is 0.396 e. The van der Waals surface area contributed by atoms with E-state index in [2.05, 4.69) is 13.2 Å². The molecule has 0 aliphatic carbocycles. The standard InChI is InChI=1S/C6H14O3.C2H4/c7-3-1-2-6(4-8)5-9;1-2/h6-9H,1-5H2;1-2H2. The fraction of sp³-hybridized carbons (Fsp3) is 0.750. The highest BCUT2D eigenvalue weighted by molar-refractivity contribution is 4.53. The van der Waals surface area contributed by atoms with Crippen molar-refractivity contribution in [3.05, 3.63) is 13.2 Å². The molecule has 0 aromatic heterocycles. The highest BCUT2D eigenvalue weighted by atomic mass is 16.3. The van der Waals surface area contributed by atoms with Gasteiger partial charge in [-0.25, -0.2) is 0 Å². The van der Waals surface area contributed by atoms with E-state index >= 15 is 0 Å². The van der Waals surface area contributed by atoms with Gasteiger partial charge >= 0.3 is 0 Å². The highest BCUT2D eigenvalue weighted by Gasteiger charge is 2.03. The van der Waals surface area contributed by atoms with Gasteiger partial charge in [0.1, 0.15) is 0 Å². The van der Waals surface area contributed by atoms with Gasteiger partial charge in [0.2, 0.25) is 0 Å². The highest BCUT2D eigenvalue weighted by Crippen LogP contribution is 2.02. The van der Waals surface area contributed by atoms with Crippen LogP contribution in [0.1, 0.15) is 12.8 Å². The topological polar surface area (TPSA) is 60.7 Å². The minimum absolute atomic E-state index is 0.0104. The van der Waals surface area contributed by atoms with Gasteiger partial charge in [0.05, 0.1) is 0 Å². The predicted octanol–water partition coefficient (Wildman–Crippen LogP) is 0.162.